The van der Waals surface area contributed by atoms with E-state index in [1.807, 2.05) is 0 Å². The Bertz CT molecular complexity index is 383. The van der Waals surface area contributed by atoms with Gasteiger partial charge in [0.2, 0.25) is 11.1 Å². The Kier molecular flexibility index (Phi) is 4.30. The molecule has 0 unspecified atom stereocenters. The second-order valence-electron chi connectivity index (χ2n) is 3.19. The van der Waals surface area contributed by atoms with Crippen LogP contribution in [0.2, 0.25) is 5.22 Å². The van der Waals surface area contributed by atoms with Gasteiger partial charge >= 0.3 is 5.97 Å². The van der Waals surface area contributed by atoms with Crippen LogP contribution in [0.15, 0.2) is 4.52 Å². The van der Waals surface area contributed by atoms with Crippen molar-refractivity contribution in [3.05, 3.63) is 16.5 Å². The third-order valence-electron chi connectivity index (χ3n) is 1.98. The van der Waals surface area contributed by atoms with Gasteiger partial charge in [-0.25, -0.2) is 0 Å². The maximum atomic E-state index is 11.2. The molecule has 1 aromatic rings. The molecule has 6 nitrogen and oxygen atoms in total. The van der Waals surface area contributed by atoms with Crippen molar-refractivity contribution in [1.82, 2.24) is 10.5 Å². The molecule has 1 aromatic heterocycles. The summed E-state index contributed by atoms with van der Waals surface area (Å²) in [5.74, 6) is -1.42. The molecule has 1 rings (SSSR count). The standard InChI is InChI=1S/C9H11ClN2O4/c1-5-6(9(10)16-12-5)2-3-7(13)11-4-8(14)15/h2-4H2,1H3,(H,11,13)(H,14,15). The molecular weight excluding hydrogens is 236 g/mol. The molecule has 0 aliphatic rings. The van der Waals surface area contributed by atoms with Crippen molar-refractivity contribution in [3.63, 3.8) is 0 Å². The Morgan fingerprint density at radius 3 is 2.75 bits per heavy atom. The first-order chi connectivity index (χ1) is 7.50. The minimum absolute atomic E-state index is 0.148. The van der Waals surface area contributed by atoms with Crippen molar-refractivity contribution in [2.24, 2.45) is 0 Å². The molecular formula is C9H11ClN2O4. The predicted octanol–water partition coefficient (Wildman–Crippen LogP) is 0.770. The summed E-state index contributed by atoms with van der Waals surface area (Å²) in [4.78, 5) is 21.4. The van der Waals surface area contributed by atoms with Crippen molar-refractivity contribution in [1.29, 1.82) is 0 Å². The summed E-state index contributed by atoms with van der Waals surface area (Å²) in [6.07, 6.45) is 0.522. The largest absolute Gasteiger partial charge is 0.480 e. The van der Waals surface area contributed by atoms with E-state index in [1.54, 1.807) is 6.92 Å². The zero-order valence-corrected chi connectivity index (χ0v) is 9.37. The number of nitrogens with one attached hydrogen (secondary N) is 1. The Hall–Kier alpha value is -1.56. The van der Waals surface area contributed by atoms with Crippen LogP contribution < -0.4 is 5.32 Å². The van der Waals surface area contributed by atoms with Crippen LogP contribution >= 0.6 is 11.6 Å². The molecule has 0 bridgehead atoms. The lowest BCUT2D eigenvalue weighted by Crippen LogP contribution is -2.29. The van der Waals surface area contributed by atoms with Crippen LogP contribution in [-0.2, 0) is 16.0 Å². The van der Waals surface area contributed by atoms with E-state index in [2.05, 4.69) is 10.5 Å². The predicted molar refractivity (Wildman–Crippen MR) is 55.2 cm³/mol. The van der Waals surface area contributed by atoms with E-state index in [0.717, 1.165) is 0 Å². The van der Waals surface area contributed by atoms with Crippen molar-refractivity contribution in [2.75, 3.05) is 6.54 Å². The molecule has 0 saturated carbocycles. The number of carboxylic acids is 1. The number of amides is 1. The van der Waals surface area contributed by atoms with Crippen LogP contribution in [0, 0.1) is 6.92 Å². The van der Waals surface area contributed by atoms with E-state index < -0.39 is 5.97 Å². The van der Waals surface area contributed by atoms with Crippen molar-refractivity contribution < 1.29 is 19.2 Å². The smallest absolute Gasteiger partial charge is 0.322 e. The molecule has 0 aliphatic heterocycles. The van der Waals surface area contributed by atoms with Gasteiger partial charge in [-0.3, -0.25) is 9.59 Å². The number of aryl methyl sites for hydroxylation is 1. The maximum Gasteiger partial charge on any atom is 0.322 e. The number of carbonyl (C=O) groups excluding carboxylic acids is 1. The number of rotatable bonds is 5. The first-order valence-electron chi connectivity index (χ1n) is 4.60. The van der Waals surface area contributed by atoms with Gasteiger partial charge in [0.15, 0.2) is 0 Å². The Morgan fingerprint density at radius 2 is 2.25 bits per heavy atom. The molecule has 88 valence electrons. The van der Waals surface area contributed by atoms with Crippen molar-refractivity contribution in [3.8, 4) is 0 Å². The first kappa shape index (κ1) is 12.5. The monoisotopic (exact) mass is 246 g/mol. The van der Waals surface area contributed by atoms with Gasteiger partial charge in [0.05, 0.1) is 5.69 Å². The van der Waals surface area contributed by atoms with Crippen LogP contribution in [0.1, 0.15) is 17.7 Å². The SMILES string of the molecule is Cc1noc(Cl)c1CCC(=O)NCC(=O)O. The highest BCUT2D eigenvalue weighted by atomic mass is 35.5. The Morgan fingerprint density at radius 1 is 1.56 bits per heavy atom. The average molecular weight is 247 g/mol. The fraction of sp³-hybridized carbons (Fsp3) is 0.444. The Labute approximate surface area is 96.6 Å². The van der Waals surface area contributed by atoms with Crippen LogP contribution in [0.4, 0.5) is 0 Å². The van der Waals surface area contributed by atoms with Gasteiger partial charge in [-0.1, -0.05) is 5.16 Å². The van der Waals surface area contributed by atoms with E-state index in [-0.39, 0.29) is 24.1 Å². The van der Waals surface area contributed by atoms with E-state index in [0.29, 0.717) is 17.7 Å². The van der Waals surface area contributed by atoms with Gasteiger partial charge in [0.1, 0.15) is 6.54 Å². The third kappa shape index (κ3) is 3.54. The van der Waals surface area contributed by atoms with E-state index in [9.17, 15) is 9.59 Å². The summed E-state index contributed by atoms with van der Waals surface area (Å²) in [6.45, 7) is 1.34. The second kappa shape index (κ2) is 5.50. The maximum absolute atomic E-state index is 11.2. The number of hydrogen-bond donors (Lipinski definition) is 2. The molecule has 0 saturated heterocycles. The Balaban J connectivity index is 2.40. The molecule has 0 aromatic carbocycles. The summed E-state index contributed by atoms with van der Waals surface area (Å²) in [6, 6.07) is 0. The molecule has 0 atom stereocenters. The summed E-state index contributed by atoms with van der Waals surface area (Å²) in [7, 11) is 0. The molecule has 0 fully saturated rings. The molecule has 1 amide bonds. The highest BCUT2D eigenvalue weighted by Gasteiger charge is 2.12. The van der Waals surface area contributed by atoms with Gasteiger partial charge in [0, 0.05) is 12.0 Å². The number of carbonyl (C=O) groups is 2. The molecule has 16 heavy (non-hydrogen) atoms. The third-order valence-corrected chi connectivity index (χ3v) is 2.27. The minimum atomic E-state index is -1.08. The molecule has 0 radical (unpaired) electrons. The highest BCUT2D eigenvalue weighted by Crippen LogP contribution is 2.20. The number of aromatic nitrogens is 1. The molecule has 2 N–H and O–H groups in total. The van der Waals surface area contributed by atoms with E-state index in [1.165, 1.54) is 0 Å². The lowest BCUT2D eigenvalue weighted by molar-refractivity contribution is -0.137. The molecule has 1 heterocycles. The normalized spacial score (nSPS) is 10.1. The number of hydrogen-bond acceptors (Lipinski definition) is 4. The van der Waals surface area contributed by atoms with E-state index >= 15 is 0 Å². The van der Waals surface area contributed by atoms with Gasteiger partial charge in [-0.05, 0) is 24.9 Å². The molecule has 7 heteroatoms. The van der Waals surface area contributed by atoms with Gasteiger partial charge < -0.3 is 14.9 Å². The average Bonchev–Trinajstić information content (AvgIpc) is 2.53. The molecule has 0 spiro atoms. The van der Waals surface area contributed by atoms with Gasteiger partial charge in [-0.15, -0.1) is 0 Å². The zero-order valence-electron chi connectivity index (χ0n) is 8.62. The fourth-order valence-corrected chi connectivity index (χ4v) is 1.41. The zero-order chi connectivity index (χ0) is 12.1. The van der Waals surface area contributed by atoms with Gasteiger partial charge in [-0.2, -0.15) is 0 Å². The molecule has 0 aliphatic carbocycles. The van der Waals surface area contributed by atoms with Crippen LogP contribution in [-0.4, -0.2) is 28.7 Å². The van der Waals surface area contributed by atoms with Crippen molar-refractivity contribution >= 4 is 23.5 Å². The minimum Gasteiger partial charge on any atom is -0.480 e. The van der Waals surface area contributed by atoms with Crippen molar-refractivity contribution in [2.45, 2.75) is 19.8 Å². The summed E-state index contributed by atoms with van der Waals surface area (Å²) >= 11 is 5.70. The first-order valence-corrected chi connectivity index (χ1v) is 4.97. The summed E-state index contributed by atoms with van der Waals surface area (Å²) in [5, 5.41) is 14.4. The number of carboxylic acid groups (broad SMARTS) is 1. The second-order valence-corrected chi connectivity index (χ2v) is 3.53. The van der Waals surface area contributed by atoms with Crippen LogP contribution in [0.5, 0.6) is 0 Å². The van der Waals surface area contributed by atoms with Gasteiger partial charge in [0.25, 0.3) is 0 Å². The lowest BCUT2D eigenvalue weighted by Gasteiger charge is -2.01. The highest BCUT2D eigenvalue weighted by molar-refractivity contribution is 6.29. The van der Waals surface area contributed by atoms with Crippen LogP contribution in [0.25, 0.3) is 0 Å². The fourth-order valence-electron chi connectivity index (χ4n) is 1.14. The lowest BCUT2D eigenvalue weighted by atomic mass is 10.1. The van der Waals surface area contributed by atoms with Crippen LogP contribution in [0.3, 0.4) is 0 Å². The number of nitrogens with zero attached hydrogens (tertiary/aromatic N) is 1. The topological polar surface area (TPSA) is 92.4 Å². The summed E-state index contributed by atoms with van der Waals surface area (Å²) < 4.78 is 4.72. The number of halogens is 1. The van der Waals surface area contributed by atoms with E-state index in [4.69, 9.17) is 21.2 Å². The number of aliphatic carboxylic acids is 1. The quantitative estimate of drug-likeness (QED) is 0.801. The summed E-state index contributed by atoms with van der Waals surface area (Å²) in [5.41, 5.74) is 1.31.